The predicted octanol–water partition coefficient (Wildman–Crippen LogP) is 14.1. The average molecular weight is 780 g/mol. The number of fused-ring (bicyclic) bond motifs is 11. The summed E-state index contributed by atoms with van der Waals surface area (Å²) >= 11 is 0. The van der Waals surface area contributed by atoms with Gasteiger partial charge in [0.1, 0.15) is 11.2 Å². The fourth-order valence-electron chi connectivity index (χ4n) is 9.46. The number of furan rings is 1. The quantitative estimate of drug-likeness (QED) is 0.175. The molecular weight excluding hydrogens is 747 g/mol. The van der Waals surface area contributed by atoms with Crippen molar-refractivity contribution in [3.8, 4) is 45.5 Å². The molecule has 13 aromatic rings. The van der Waals surface area contributed by atoms with Gasteiger partial charge in [0, 0.05) is 66.4 Å². The Hall–Kier alpha value is -8.35. The van der Waals surface area contributed by atoms with Gasteiger partial charge in [-0.05, 0) is 71.4 Å². The van der Waals surface area contributed by atoms with Gasteiger partial charge in [-0.1, -0.05) is 133 Å². The number of hydrogen-bond acceptors (Lipinski definition) is 4. The number of aromatic nitrogens is 5. The summed E-state index contributed by atoms with van der Waals surface area (Å²) in [6.07, 6.45) is 0. The Bertz CT molecular complexity index is 3880. The van der Waals surface area contributed by atoms with E-state index in [9.17, 15) is 0 Å². The Morgan fingerprint density at radius 3 is 1.67 bits per heavy atom. The smallest absolute Gasteiger partial charge is 0.164 e. The zero-order valence-electron chi connectivity index (χ0n) is 32.7. The molecule has 0 saturated carbocycles. The number of benzene rings is 9. The van der Waals surface area contributed by atoms with E-state index in [1.807, 2.05) is 42.5 Å². The molecule has 0 atom stereocenters. The molecule has 0 saturated heterocycles. The van der Waals surface area contributed by atoms with Gasteiger partial charge in [0.05, 0.1) is 22.1 Å². The second-order valence-electron chi connectivity index (χ2n) is 15.6. The molecule has 0 aliphatic carbocycles. The van der Waals surface area contributed by atoms with Gasteiger partial charge in [0.2, 0.25) is 0 Å². The Morgan fingerprint density at radius 2 is 0.934 bits per heavy atom. The molecule has 61 heavy (non-hydrogen) atoms. The summed E-state index contributed by atoms with van der Waals surface area (Å²) in [5.41, 5.74) is 11.1. The third-order valence-corrected chi connectivity index (χ3v) is 12.1. The molecule has 0 N–H and O–H groups in total. The molecule has 6 nitrogen and oxygen atoms in total. The lowest BCUT2D eigenvalue weighted by Gasteiger charge is -2.10. The first-order valence-electron chi connectivity index (χ1n) is 20.5. The molecule has 284 valence electrons. The van der Waals surface area contributed by atoms with E-state index >= 15 is 0 Å². The zero-order valence-corrected chi connectivity index (χ0v) is 32.7. The molecule has 0 amide bonds. The van der Waals surface area contributed by atoms with Crippen LogP contribution in [0.3, 0.4) is 0 Å². The van der Waals surface area contributed by atoms with E-state index in [-0.39, 0.29) is 0 Å². The third-order valence-electron chi connectivity index (χ3n) is 12.1. The van der Waals surface area contributed by atoms with Crippen LogP contribution >= 0.6 is 0 Å². The Kier molecular flexibility index (Phi) is 7.21. The molecule has 0 aliphatic rings. The largest absolute Gasteiger partial charge is 0.456 e. The minimum absolute atomic E-state index is 0.593. The zero-order chi connectivity index (χ0) is 40.0. The molecule has 13 rings (SSSR count). The van der Waals surface area contributed by atoms with Crippen LogP contribution in [0.1, 0.15) is 0 Å². The molecule has 0 bridgehead atoms. The van der Waals surface area contributed by atoms with Gasteiger partial charge >= 0.3 is 0 Å². The molecule has 0 fully saturated rings. The standard InChI is InChI=1S/C55H33N5O/c1-3-15-35(16-4-1)53-56-54(37-27-26-34-14-7-8-17-36(34)32-37)58-55(57-53)43-22-13-25-48-50(43)42-29-28-39(33-49(42)61-48)60-45-24-12-10-21-41(45)52-47(60)31-30-46-51(52)40-20-9-11-23-44(40)59(46)38-18-5-2-6-19-38/h1-33H. The van der Waals surface area contributed by atoms with E-state index in [1.165, 1.54) is 38.0 Å². The number of para-hydroxylation sites is 3. The number of rotatable bonds is 5. The topological polar surface area (TPSA) is 61.7 Å². The lowest BCUT2D eigenvalue weighted by Crippen LogP contribution is -2.00. The molecule has 0 spiro atoms. The van der Waals surface area contributed by atoms with Gasteiger partial charge in [-0.25, -0.2) is 15.0 Å². The van der Waals surface area contributed by atoms with Crippen LogP contribution in [0.5, 0.6) is 0 Å². The highest BCUT2D eigenvalue weighted by Crippen LogP contribution is 2.43. The summed E-state index contributed by atoms with van der Waals surface area (Å²) < 4.78 is 11.5. The van der Waals surface area contributed by atoms with Crippen LogP contribution in [0.15, 0.2) is 205 Å². The second-order valence-corrected chi connectivity index (χ2v) is 15.6. The van der Waals surface area contributed by atoms with Crippen molar-refractivity contribution < 1.29 is 4.42 Å². The summed E-state index contributed by atoms with van der Waals surface area (Å²) in [6.45, 7) is 0. The van der Waals surface area contributed by atoms with Crippen molar-refractivity contribution in [3.63, 3.8) is 0 Å². The Balaban J connectivity index is 1.01. The monoisotopic (exact) mass is 779 g/mol. The maximum absolute atomic E-state index is 6.75. The molecule has 0 aliphatic heterocycles. The highest BCUT2D eigenvalue weighted by atomic mass is 16.3. The number of hydrogen-bond donors (Lipinski definition) is 0. The van der Waals surface area contributed by atoms with E-state index in [0.29, 0.717) is 17.5 Å². The van der Waals surface area contributed by atoms with Crippen molar-refractivity contribution in [1.82, 2.24) is 24.1 Å². The van der Waals surface area contributed by atoms with Gasteiger partial charge in [0.25, 0.3) is 0 Å². The van der Waals surface area contributed by atoms with E-state index < -0.39 is 0 Å². The molecule has 9 aromatic carbocycles. The highest BCUT2D eigenvalue weighted by molar-refractivity contribution is 6.29. The first-order valence-corrected chi connectivity index (χ1v) is 20.5. The van der Waals surface area contributed by atoms with Crippen molar-refractivity contribution in [2.45, 2.75) is 0 Å². The SMILES string of the molecule is c1ccc(-c2nc(-c3ccc4ccccc4c3)nc(-c3cccc4oc5cc(-n6c7ccccc7c7c8c9ccccc9n(-c9ccccc9)c8ccc76)ccc5c34)n2)cc1. The molecule has 4 heterocycles. The normalized spacial score (nSPS) is 11.9. The molecule has 0 unspecified atom stereocenters. The summed E-state index contributed by atoms with van der Waals surface area (Å²) in [6, 6.07) is 70.2. The average Bonchev–Trinajstić information content (AvgIpc) is 3.99. The summed E-state index contributed by atoms with van der Waals surface area (Å²) in [5, 5.41) is 9.18. The van der Waals surface area contributed by atoms with Crippen molar-refractivity contribution in [2.24, 2.45) is 0 Å². The highest BCUT2D eigenvalue weighted by Gasteiger charge is 2.22. The molecular formula is C55H33N5O. The Labute approximate surface area is 349 Å². The summed E-state index contributed by atoms with van der Waals surface area (Å²) in [4.78, 5) is 15.3. The van der Waals surface area contributed by atoms with Gasteiger partial charge < -0.3 is 13.6 Å². The molecule has 4 aromatic heterocycles. The second kappa shape index (κ2) is 13.1. The fraction of sp³-hybridized carbons (Fsp3) is 0. The van der Waals surface area contributed by atoms with Crippen LogP contribution in [0.4, 0.5) is 0 Å². The third kappa shape index (κ3) is 5.12. The van der Waals surface area contributed by atoms with Crippen LogP contribution in [-0.4, -0.2) is 24.1 Å². The van der Waals surface area contributed by atoms with Gasteiger partial charge in [-0.3, -0.25) is 0 Å². The van der Waals surface area contributed by atoms with E-state index in [4.69, 9.17) is 19.4 Å². The van der Waals surface area contributed by atoms with Crippen LogP contribution in [0.25, 0.3) is 122 Å². The van der Waals surface area contributed by atoms with Gasteiger partial charge in [-0.2, -0.15) is 0 Å². The summed E-state index contributed by atoms with van der Waals surface area (Å²) in [5.74, 6) is 1.83. The molecule has 6 heteroatoms. The van der Waals surface area contributed by atoms with Crippen molar-refractivity contribution in [3.05, 3.63) is 200 Å². The van der Waals surface area contributed by atoms with Crippen LogP contribution in [0.2, 0.25) is 0 Å². The van der Waals surface area contributed by atoms with E-state index in [0.717, 1.165) is 66.4 Å². The first-order chi connectivity index (χ1) is 30.2. The van der Waals surface area contributed by atoms with Crippen LogP contribution in [-0.2, 0) is 0 Å². The van der Waals surface area contributed by atoms with Crippen molar-refractivity contribution in [2.75, 3.05) is 0 Å². The fourth-order valence-corrected chi connectivity index (χ4v) is 9.46. The first kappa shape index (κ1) is 33.6. The Morgan fingerprint density at radius 1 is 0.328 bits per heavy atom. The van der Waals surface area contributed by atoms with Crippen LogP contribution in [0, 0.1) is 0 Å². The lowest BCUT2D eigenvalue weighted by molar-refractivity contribution is 0.668. The maximum atomic E-state index is 6.75. The summed E-state index contributed by atoms with van der Waals surface area (Å²) in [7, 11) is 0. The van der Waals surface area contributed by atoms with Crippen molar-refractivity contribution >= 4 is 76.3 Å². The van der Waals surface area contributed by atoms with Gasteiger partial charge in [-0.15, -0.1) is 0 Å². The minimum atomic E-state index is 0.593. The maximum Gasteiger partial charge on any atom is 0.164 e. The van der Waals surface area contributed by atoms with E-state index in [1.54, 1.807) is 0 Å². The van der Waals surface area contributed by atoms with Crippen LogP contribution < -0.4 is 0 Å². The predicted molar refractivity (Wildman–Crippen MR) is 250 cm³/mol. The molecule has 0 radical (unpaired) electrons. The minimum Gasteiger partial charge on any atom is -0.456 e. The van der Waals surface area contributed by atoms with Crippen molar-refractivity contribution in [1.29, 1.82) is 0 Å². The lowest BCUT2D eigenvalue weighted by atomic mass is 10.0. The van der Waals surface area contributed by atoms with Gasteiger partial charge in [0.15, 0.2) is 17.5 Å². The van der Waals surface area contributed by atoms with E-state index in [2.05, 4.69) is 167 Å². The number of nitrogens with zero attached hydrogens (tertiary/aromatic N) is 5.